The molecule has 4 aromatic rings. The van der Waals surface area contributed by atoms with E-state index in [1.165, 1.54) is 6.07 Å². The van der Waals surface area contributed by atoms with Crippen LogP contribution < -0.4 is 0 Å². The van der Waals surface area contributed by atoms with E-state index in [1.807, 2.05) is 48.7 Å². The van der Waals surface area contributed by atoms with Gasteiger partial charge in [-0.3, -0.25) is 4.79 Å². The lowest BCUT2D eigenvalue weighted by molar-refractivity contribution is 0.0984. The van der Waals surface area contributed by atoms with Gasteiger partial charge in [0.05, 0.1) is 0 Å². The number of Topliss-reactive ketones (excluding diaryl/α,β-unsaturated/α-hetero) is 1. The minimum atomic E-state index is -0.885. The summed E-state index contributed by atoms with van der Waals surface area (Å²) in [5.41, 5.74) is 3.43. The summed E-state index contributed by atoms with van der Waals surface area (Å²) in [6, 6.07) is 21.7. The lowest BCUT2D eigenvalue weighted by Gasteiger charge is -2.05. The smallest absolute Gasteiger partial charge is 0.165 e. The van der Waals surface area contributed by atoms with Crippen LogP contribution in [-0.2, 0) is 13.0 Å². The molecule has 0 amide bonds. The van der Waals surface area contributed by atoms with Crippen LogP contribution in [0.3, 0.4) is 0 Å². The summed E-state index contributed by atoms with van der Waals surface area (Å²) >= 11 is 0. The van der Waals surface area contributed by atoms with Crippen molar-refractivity contribution in [1.82, 2.24) is 4.57 Å². The Balaban J connectivity index is 1.59. The van der Waals surface area contributed by atoms with Gasteiger partial charge in [-0.2, -0.15) is 0 Å². The third-order valence-electron chi connectivity index (χ3n) is 4.91. The zero-order valence-electron chi connectivity index (χ0n) is 15.2. The van der Waals surface area contributed by atoms with Crippen LogP contribution in [-0.4, -0.2) is 10.4 Å². The van der Waals surface area contributed by atoms with Gasteiger partial charge in [-0.25, -0.2) is 8.78 Å². The number of nitrogens with zero attached hydrogens (tertiary/aromatic N) is 1. The number of carbonyl (C=O) groups excluding carboxylic acids is 1. The average molecular weight is 375 g/mol. The molecule has 1 aromatic heterocycles. The zero-order valence-corrected chi connectivity index (χ0v) is 15.2. The summed E-state index contributed by atoms with van der Waals surface area (Å²) in [7, 11) is 0. The summed E-state index contributed by atoms with van der Waals surface area (Å²) in [4.78, 5) is 12.9. The summed E-state index contributed by atoms with van der Waals surface area (Å²) in [6.07, 6.45) is 2.50. The standard InChI is InChI=1S/C24H19F2NO/c25-21-12-10-17(14-22(21)26)11-13-24(28)20-16-27(15-18-6-2-1-3-7-18)23-9-5-4-8-19(20)23/h1-10,12,14,16H,11,13,15H2. The van der Waals surface area contributed by atoms with Crippen molar-refractivity contribution in [2.75, 3.05) is 0 Å². The molecule has 0 fully saturated rings. The molecule has 28 heavy (non-hydrogen) atoms. The van der Waals surface area contributed by atoms with E-state index < -0.39 is 11.6 Å². The normalized spacial score (nSPS) is 11.1. The highest BCUT2D eigenvalue weighted by Gasteiger charge is 2.15. The van der Waals surface area contributed by atoms with Crippen molar-refractivity contribution >= 4 is 16.7 Å². The highest BCUT2D eigenvalue weighted by molar-refractivity contribution is 6.08. The molecule has 0 aliphatic heterocycles. The van der Waals surface area contributed by atoms with Gasteiger partial charge in [0, 0.05) is 35.6 Å². The largest absolute Gasteiger partial charge is 0.342 e. The number of carbonyl (C=O) groups is 1. The van der Waals surface area contributed by atoms with Gasteiger partial charge in [0.2, 0.25) is 0 Å². The fourth-order valence-corrected chi connectivity index (χ4v) is 3.47. The van der Waals surface area contributed by atoms with E-state index in [2.05, 4.69) is 16.7 Å². The van der Waals surface area contributed by atoms with Crippen LogP contribution in [0.25, 0.3) is 10.9 Å². The number of ketones is 1. The van der Waals surface area contributed by atoms with Crippen molar-refractivity contribution in [3.8, 4) is 0 Å². The maximum absolute atomic E-state index is 13.4. The molecule has 0 aliphatic rings. The second-order valence-corrected chi connectivity index (χ2v) is 6.85. The molecule has 0 bridgehead atoms. The first-order chi connectivity index (χ1) is 13.6. The van der Waals surface area contributed by atoms with Crippen LogP contribution in [0.15, 0.2) is 79.0 Å². The Morgan fingerprint density at radius 1 is 0.821 bits per heavy atom. The summed E-state index contributed by atoms with van der Waals surface area (Å²) in [6.45, 7) is 0.678. The number of hydrogen-bond donors (Lipinski definition) is 0. The third-order valence-corrected chi connectivity index (χ3v) is 4.91. The quantitative estimate of drug-likeness (QED) is 0.391. The number of benzene rings is 3. The van der Waals surface area contributed by atoms with E-state index in [-0.39, 0.29) is 12.2 Å². The Hall–Kier alpha value is -3.27. The number of aryl methyl sites for hydroxylation is 1. The van der Waals surface area contributed by atoms with Crippen LogP contribution in [0.2, 0.25) is 0 Å². The molecule has 140 valence electrons. The number of para-hydroxylation sites is 1. The topological polar surface area (TPSA) is 22.0 Å². The van der Waals surface area contributed by atoms with Gasteiger partial charge in [-0.15, -0.1) is 0 Å². The molecule has 0 saturated carbocycles. The minimum absolute atomic E-state index is 0.00672. The monoisotopic (exact) mass is 375 g/mol. The fraction of sp³-hybridized carbons (Fsp3) is 0.125. The summed E-state index contributed by atoms with van der Waals surface area (Å²) < 4.78 is 28.5. The second-order valence-electron chi connectivity index (χ2n) is 6.85. The van der Waals surface area contributed by atoms with Gasteiger partial charge >= 0.3 is 0 Å². The average Bonchev–Trinajstić information content (AvgIpc) is 3.08. The van der Waals surface area contributed by atoms with Gasteiger partial charge in [0.1, 0.15) is 0 Å². The van der Waals surface area contributed by atoms with Crippen LogP contribution in [0.1, 0.15) is 27.9 Å². The molecule has 0 aliphatic carbocycles. The first-order valence-corrected chi connectivity index (χ1v) is 9.21. The van der Waals surface area contributed by atoms with Gasteiger partial charge < -0.3 is 4.57 Å². The second kappa shape index (κ2) is 7.77. The molecule has 4 rings (SSSR count). The number of rotatable bonds is 6. The Bertz CT molecular complexity index is 1130. The number of halogens is 2. The summed E-state index contributed by atoms with van der Waals surface area (Å²) in [5.74, 6) is -1.77. The molecular weight excluding hydrogens is 356 g/mol. The minimum Gasteiger partial charge on any atom is -0.342 e. The number of hydrogen-bond acceptors (Lipinski definition) is 1. The molecule has 0 saturated heterocycles. The zero-order chi connectivity index (χ0) is 19.5. The van der Waals surface area contributed by atoms with E-state index >= 15 is 0 Å². The first kappa shape index (κ1) is 18.1. The van der Waals surface area contributed by atoms with Crippen molar-refractivity contribution in [3.63, 3.8) is 0 Å². The number of aromatic nitrogens is 1. The van der Waals surface area contributed by atoms with Crippen molar-refractivity contribution in [2.45, 2.75) is 19.4 Å². The van der Waals surface area contributed by atoms with Crippen LogP contribution in [0.4, 0.5) is 8.78 Å². The molecule has 0 N–H and O–H groups in total. The van der Waals surface area contributed by atoms with Crippen molar-refractivity contribution in [1.29, 1.82) is 0 Å². The number of fused-ring (bicyclic) bond motifs is 1. The molecule has 0 unspecified atom stereocenters. The molecule has 0 atom stereocenters. The van der Waals surface area contributed by atoms with E-state index in [4.69, 9.17) is 0 Å². The van der Waals surface area contributed by atoms with E-state index in [0.29, 0.717) is 24.1 Å². The van der Waals surface area contributed by atoms with Crippen LogP contribution in [0.5, 0.6) is 0 Å². The van der Waals surface area contributed by atoms with E-state index in [1.54, 1.807) is 0 Å². The molecule has 0 radical (unpaired) electrons. The molecule has 1 heterocycles. The molecule has 4 heteroatoms. The van der Waals surface area contributed by atoms with Crippen molar-refractivity contribution in [3.05, 3.63) is 107 Å². The fourth-order valence-electron chi connectivity index (χ4n) is 3.47. The van der Waals surface area contributed by atoms with Gasteiger partial charge in [-0.1, -0.05) is 54.6 Å². The molecule has 0 spiro atoms. The Morgan fingerprint density at radius 3 is 2.36 bits per heavy atom. The van der Waals surface area contributed by atoms with E-state index in [9.17, 15) is 13.6 Å². The predicted octanol–water partition coefficient (Wildman–Crippen LogP) is 5.78. The van der Waals surface area contributed by atoms with Crippen LogP contribution >= 0.6 is 0 Å². The molecule has 2 nitrogen and oxygen atoms in total. The highest BCUT2D eigenvalue weighted by Crippen LogP contribution is 2.24. The SMILES string of the molecule is O=C(CCc1ccc(F)c(F)c1)c1cn(Cc2ccccc2)c2ccccc12. The maximum atomic E-state index is 13.4. The molecular formula is C24H19F2NO. The molecule has 3 aromatic carbocycles. The van der Waals surface area contributed by atoms with Crippen LogP contribution in [0, 0.1) is 11.6 Å². The Kier molecular flexibility index (Phi) is 5.02. The predicted molar refractivity (Wildman–Crippen MR) is 106 cm³/mol. The van der Waals surface area contributed by atoms with Gasteiger partial charge in [0.15, 0.2) is 17.4 Å². The Morgan fingerprint density at radius 2 is 1.57 bits per heavy atom. The van der Waals surface area contributed by atoms with Crippen molar-refractivity contribution in [2.24, 2.45) is 0 Å². The van der Waals surface area contributed by atoms with E-state index in [0.717, 1.165) is 28.6 Å². The first-order valence-electron chi connectivity index (χ1n) is 9.21. The maximum Gasteiger partial charge on any atom is 0.165 e. The van der Waals surface area contributed by atoms with Gasteiger partial charge in [0.25, 0.3) is 0 Å². The van der Waals surface area contributed by atoms with Gasteiger partial charge in [-0.05, 0) is 35.7 Å². The lowest BCUT2D eigenvalue weighted by Crippen LogP contribution is -2.02. The lowest BCUT2D eigenvalue weighted by atomic mass is 10.0. The third kappa shape index (κ3) is 3.72. The highest BCUT2D eigenvalue weighted by atomic mass is 19.2. The Labute approximate surface area is 162 Å². The van der Waals surface area contributed by atoms with Crippen molar-refractivity contribution < 1.29 is 13.6 Å². The summed E-state index contributed by atoms with van der Waals surface area (Å²) in [5, 5.41) is 0.911.